The Bertz CT molecular complexity index is 553. The van der Waals surface area contributed by atoms with E-state index in [1.54, 1.807) is 11.1 Å². The minimum Gasteiger partial charge on any atom is -0.333 e. The first kappa shape index (κ1) is 19.9. The Morgan fingerprint density at radius 1 is 1.32 bits per heavy atom. The lowest BCUT2D eigenvalue weighted by molar-refractivity contribution is -0.135. The average molecular weight is 366 g/mol. The van der Waals surface area contributed by atoms with Gasteiger partial charge in [0, 0.05) is 24.0 Å². The third-order valence-electron chi connectivity index (χ3n) is 4.83. The molecule has 1 aliphatic carbocycles. The van der Waals surface area contributed by atoms with E-state index >= 15 is 0 Å². The number of unbranched alkanes of at least 4 members (excludes halogenated alkanes) is 2. The van der Waals surface area contributed by atoms with E-state index in [1.807, 2.05) is 6.92 Å². The van der Waals surface area contributed by atoms with Crippen LogP contribution in [0.25, 0.3) is 0 Å². The number of hydrogen-bond acceptors (Lipinski definition) is 4. The Kier molecular flexibility index (Phi) is 8.38. The van der Waals surface area contributed by atoms with E-state index in [-0.39, 0.29) is 18.4 Å². The predicted octanol–water partition coefficient (Wildman–Crippen LogP) is 4.38. The first-order valence-corrected chi connectivity index (χ1v) is 10.4. The van der Waals surface area contributed by atoms with Gasteiger partial charge in [-0.1, -0.05) is 45.4 Å². The normalized spacial score (nSPS) is 14.6. The monoisotopic (exact) mass is 365 g/mol. The molecule has 0 unspecified atom stereocenters. The van der Waals surface area contributed by atoms with Gasteiger partial charge in [0.15, 0.2) is 5.13 Å². The van der Waals surface area contributed by atoms with Crippen LogP contribution in [0.15, 0.2) is 6.20 Å². The number of amides is 2. The standard InChI is InChI=1S/C19H31N3O2S/c1-3-4-7-12-22(18(24)11-10-16-8-5-6-9-16)14-17(23)21-19-20-13-15(2)25-19/h13,16H,3-12,14H2,1-2H3,(H,20,21,23). The average Bonchev–Trinajstić information content (AvgIpc) is 3.23. The van der Waals surface area contributed by atoms with Gasteiger partial charge in [-0.05, 0) is 25.7 Å². The highest BCUT2D eigenvalue weighted by atomic mass is 32.1. The molecule has 1 heterocycles. The van der Waals surface area contributed by atoms with Crippen molar-refractivity contribution in [1.82, 2.24) is 9.88 Å². The van der Waals surface area contributed by atoms with Crippen molar-refractivity contribution < 1.29 is 9.59 Å². The summed E-state index contributed by atoms with van der Waals surface area (Å²) in [6.45, 7) is 4.90. The van der Waals surface area contributed by atoms with E-state index in [9.17, 15) is 9.59 Å². The Labute approximate surface area is 155 Å². The molecule has 0 spiro atoms. The lowest BCUT2D eigenvalue weighted by Gasteiger charge is -2.22. The number of nitrogens with zero attached hydrogens (tertiary/aromatic N) is 2. The predicted molar refractivity (Wildman–Crippen MR) is 103 cm³/mol. The zero-order valence-corrected chi connectivity index (χ0v) is 16.4. The van der Waals surface area contributed by atoms with E-state index in [0.717, 1.165) is 30.6 Å². The second-order valence-electron chi connectivity index (χ2n) is 7.04. The summed E-state index contributed by atoms with van der Waals surface area (Å²) in [6.07, 6.45) is 11.5. The molecule has 1 aliphatic rings. The maximum atomic E-state index is 12.6. The second-order valence-corrected chi connectivity index (χ2v) is 8.27. The first-order chi connectivity index (χ1) is 12.1. The summed E-state index contributed by atoms with van der Waals surface area (Å²) < 4.78 is 0. The van der Waals surface area contributed by atoms with Crippen LogP contribution in [0.3, 0.4) is 0 Å². The molecule has 1 fully saturated rings. The van der Waals surface area contributed by atoms with Gasteiger partial charge in [0.2, 0.25) is 11.8 Å². The fourth-order valence-corrected chi connectivity index (χ4v) is 4.05. The third-order valence-corrected chi connectivity index (χ3v) is 5.66. The molecule has 0 saturated heterocycles. The minimum absolute atomic E-state index is 0.119. The van der Waals surface area contributed by atoms with Crippen LogP contribution in [0, 0.1) is 12.8 Å². The molecule has 5 nitrogen and oxygen atoms in total. The van der Waals surface area contributed by atoms with Crippen LogP contribution in [0.1, 0.15) is 69.6 Å². The zero-order valence-electron chi connectivity index (χ0n) is 15.6. The number of nitrogens with one attached hydrogen (secondary N) is 1. The first-order valence-electron chi connectivity index (χ1n) is 9.58. The van der Waals surface area contributed by atoms with Gasteiger partial charge in [0.25, 0.3) is 0 Å². The largest absolute Gasteiger partial charge is 0.333 e. The number of thiazole rings is 1. The Hall–Kier alpha value is -1.43. The fraction of sp³-hybridized carbons (Fsp3) is 0.737. The molecule has 25 heavy (non-hydrogen) atoms. The summed E-state index contributed by atoms with van der Waals surface area (Å²) in [5, 5.41) is 3.42. The summed E-state index contributed by atoms with van der Waals surface area (Å²) in [7, 11) is 0. The van der Waals surface area contributed by atoms with E-state index in [2.05, 4.69) is 17.2 Å². The second kappa shape index (κ2) is 10.5. The number of rotatable bonds is 10. The number of aryl methyl sites for hydroxylation is 1. The van der Waals surface area contributed by atoms with Gasteiger partial charge >= 0.3 is 0 Å². The lowest BCUT2D eigenvalue weighted by atomic mass is 10.0. The molecule has 1 N–H and O–H groups in total. The van der Waals surface area contributed by atoms with Crippen molar-refractivity contribution in [1.29, 1.82) is 0 Å². The van der Waals surface area contributed by atoms with Crippen LogP contribution in [-0.4, -0.2) is 34.8 Å². The molecule has 0 atom stereocenters. The molecule has 0 radical (unpaired) electrons. The quantitative estimate of drug-likeness (QED) is 0.626. The van der Waals surface area contributed by atoms with Gasteiger partial charge in [-0.15, -0.1) is 11.3 Å². The maximum Gasteiger partial charge on any atom is 0.245 e. The SMILES string of the molecule is CCCCCN(CC(=O)Nc1ncc(C)s1)C(=O)CCC1CCCC1. The van der Waals surface area contributed by atoms with Crippen molar-refractivity contribution in [2.75, 3.05) is 18.4 Å². The van der Waals surface area contributed by atoms with Crippen LogP contribution in [0.5, 0.6) is 0 Å². The number of carbonyl (C=O) groups excluding carboxylic acids is 2. The number of aromatic nitrogens is 1. The third kappa shape index (κ3) is 7.14. The molecule has 0 aliphatic heterocycles. The number of anilines is 1. The van der Waals surface area contributed by atoms with Crippen LogP contribution in [0.4, 0.5) is 5.13 Å². The molecule has 1 aromatic rings. The number of hydrogen-bond donors (Lipinski definition) is 1. The highest BCUT2D eigenvalue weighted by Crippen LogP contribution is 2.28. The van der Waals surface area contributed by atoms with E-state index in [4.69, 9.17) is 0 Å². The van der Waals surface area contributed by atoms with E-state index < -0.39 is 0 Å². The van der Waals surface area contributed by atoms with Gasteiger partial charge in [-0.3, -0.25) is 9.59 Å². The van der Waals surface area contributed by atoms with Crippen molar-refractivity contribution in [2.45, 2.75) is 71.6 Å². The van der Waals surface area contributed by atoms with Crippen LogP contribution >= 0.6 is 11.3 Å². The maximum absolute atomic E-state index is 12.6. The van der Waals surface area contributed by atoms with Gasteiger partial charge in [-0.2, -0.15) is 0 Å². The number of carbonyl (C=O) groups is 2. The summed E-state index contributed by atoms with van der Waals surface area (Å²) in [6, 6.07) is 0. The van der Waals surface area contributed by atoms with Gasteiger partial charge in [0.1, 0.15) is 0 Å². The van der Waals surface area contributed by atoms with Crippen LogP contribution < -0.4 is 5.32 Å². The van der Waals surface area contributed by atoms with Crippen molar-refractivity contribution in [2.24, 2.45) is 5.92 Å². The minimum atomic E-state index is -0.153. The van der Waals surface area contributed by atoms with Crippen molar-refractivity contribution in [3.05, 3.63) is 11.1 Å². The molecule has 2 amide bonds. The highest BCUT2D eigenvalue weighted by Gasteiger charge is 2.21. The molecule has 2 rings (SSSR count). The molecule has 1 saturated carbocycles. The van der Waals surface area contributed by atoms with Crippen LogP contribution in [0.2, 0.25) is 0 Å². The lowest BCUT2D eigenvalue weighted by Crippen LogP contribution is -2.38. The fourth-order valence-electron chi connectivity index (χ4n) is 3.37. The molecular weight excluding hydrogens is 334 g/mol. The molecule has 0 bridgehead atoms. The summed E-state index contributed by atoms with van der Waals surface area (Å²) in [4.78, 5) is 31.9. The Morgan fingerprint density at radius 3 is 2.72 bits per heavy atom. The van der Waals surface area contributed by atoms with Crippen LogP contribution in [-0.2, 0) is 9.59 Å². The van der Waals surface area contributed by atoms with Gasteiger partial charge in [-0.25, -0.2) is 4.98 Å². The Morgan fingerprint density at radius 2 is 2.08 bits per heavy atom. The zero-order chi connectivity index (χ0) is 18.1. The molecule has 140 valence electrons. The smallest absolute Gasteiger partial charge is 0.245 e. The molecule has 6 heteroatoms. The van der Waals surface area contributed by atoms with Crippen molar-refractivity contribution in [3.8, 4) is 0 Å². The molecule has 0 aromatic carbocycles. The Balaban J connectivity index is 1.84. The molecular formula is C19H31N3O2S. The topological polar surface area (TPSA) is 62.3 Å². The van der Waals surface area contributed by atoms with Gasteiger partial charge < -0.3 is 10.2 Å². The summed E-state index contributed by atoms with van der Waals surface area (Å²) in [5.41, 5.74) is 0. The summed E-state index contributed by atoms with van der Waals surface area (Å²) in [5.74, 6) is 0.669. The van der Waals surface area contributed by atoms with Gasteiger partial charge in [0.05, 0.1) is 6.54 Å². The van der Waals surface area contributed by atoms with Crippen molar-refractivity contribution >= 4 is 28.3 Å². The van der Waals surface area contributed by atoms with E-state index in [1.165, 1.54) is 37.0 Å². The van der Waals surface area contributed by atoms with Crippen molar-refractivity contribution in [3.63, 3.8) is 0 Å². The summed E-state index contributed by atoms with van der Waals surface area (Å²) >= 11 is 1.45. The molecule has 1 aromatic heterocycles. The van der Waals surface area contributed by atoms with E-state index in [0.29, 0.717) is 24.0 Å². The highest BCUT2D eigenvalue weighted by molar-refractivity contribution is 7.15.